The van der Waals surface area contributed by atoms with Gasteiger partial charge in [-0.3, -0.25) is 0 Å². The van der Waals surface area contributed by atoms with Crippen molar-refractivity contribution in [2.45, 2.75) is 6.42 Å². The number of nitrogens with zero attached hydrogens (tertiary/aromatic N) is 1. The fraction of sp³-hybridized carbons (Fsp3) is 0.556. The van der Waals surface area contributed by atoms with Crippen LogP contribution in [-0.2, 0) is 6.42 Å². The Balaban J connectivity index is 2.26. The number of likely N-dealkylation sites (N-methyl/N-ethyl adjacent to an activating group) is 1. The Kier molecular flexibility index (Phi) is 5.39. The minimum absolute atomic E-state index is 0.935. The van der Waals surface area contributed by atoms with Gasteiger partial charge in [-0.25, -0.2) is 0 Å². The summed E-state index contributed by atoms with van der Waals surface area (Å²) >= 11 is 9.47. The highest BCUT2D eigenvalue weighted by molar-refractivity contribution is 9.10. The molecule has 0 aromatic carbocycles. The molecule has 0 atom stereocenters. The molecule has 0 N–H and O–H groups in total. The molecular formula is C9H14BrNS2. The average Bonchev–Trinajstić information content (AvgIpc) is 2.49. The number of rotatable bonds is 5. The van der Waals surface area contributed by atoms with E-state index in [0.29, 0.717) is 0 Å². The van der Waals surface area contributed by atoms with Gasteiger partial charge in [0, 0.05) is 33.6 Å². The van der Waals surface area contributed by atoms with Gasteiger partial charge in [0.25, 0.3) is 0 Å². The van der Waals surface area contributed by atoms with Crippen molar-refractivity contribution in [3.05, 3.63) is 20.8 Å². The van der Waals surface area contributed by atoms with Gasteiger partial charge in [0.2, 0.25) is 0 Å². The first-order valence-corrected chi connectivity index (χ1v) is 6.55. The van der Waals surface area contributed by atoms with E-state index in [0.717, 1.165) is 25.3 Å². The van der Waals surface area contributed by atoms with Crippen LogP contribution < -0.4 is 0 Å². The Bertz CT molecular complexity index is 250. The highest BCUT2D eigenvalue weighted by atomic mass is 79.9. The molecule has 1 aromatic heterocycles. The van der Waals surface area contributed by atoms with Gasteiger partial charge in [-0.2, -0.15) is 12.6 Å². The molecule has 0 aliphatic heterocycles. The van der Waals surface area contributed by atoms with E-state index < -0.39 is 0 Å². The molecule has 0 unspecified atom stereocenters. The van der Waals surface area contributed by atoms with Gasteiger partial charge in [-0.05, 0) is 35.5 Å². The number of hydrogen-bond donors (Lipinski definition) is 1. The molecule has 4 heteroatoms. The van der Waals surface area contributed by atoms with E-state index in [1.165, 1.54) is 9.35 Å². The SMILES string of the molecule is CN(CCS)CCc1cc(Br)cs1. The monoisotopic (exact) mass is 279 g/mol. The molecule has 1 nitrogen and oxygen atoms in total. The minimum Gasteiger partial charge on any atom is -0.305 e. The third-order valence-corrected chi connectivity index (χ3v) is 3.80. The zero-order chi connectivity index (χ0) is 9.68. The lowest BCUT2D eigenvalue weighted by Gasteiger charge is -2.13. The third kappa shape index (κ3) is 4.49. The van der Waals surface area contributed by atoms with E-state index in [-0.39, 0.29) is 0 Å². The van der Waals surface area contributed by atoms with Crippen LogP contribution >= 0.6 is 39.9 Å². The van der Waals surface area contributed by atoms with Gasteiger partial charge < -0.3 is 4.90 Å². The lowest BCUT2D eigenvalue weighted by atomic mass is 10.3. The first kappa shape index (κ1) is 11.6. The second-order valence-corrected chi connectivity index (χ2v) is 5.37. The van der Waals surface area contributed by atoms with Crippen molar-refractivity contribution in [2.75, 3.05) is 25.9 Å². The van der Waals surface area contributed by atoms with Gasteiger partial charge in [-0.1, -0.05) is 0 Å². The van der Waals surface area contributed by atoms with Crippen LogP contribution in [0.5, 0.6) is 0 Å². The highest BCUT2D eigenvalue weighted by Crippen LogP contribution is 2.20. The quantitative estimate of drug-likeness (QED) is 0.812. The largest absolute Gasteiger partial charge is 0.305 e. The zero-order valence-electron chi connectivity index (χ0n) is 7.66. The van der Waals surface area contributed by atoms with Crippen LogP contribution in [0.25, 0.3) is 0 Å². The molecule has 74 valence electrons. The standard InChI is InChI=1S/C9H14BrNS2/c1-11(4-5-12)3-2-9-6-8(10)7-13-9/h6-7,12H,2-5H2,1H3. The minimum atomic E-state index is 0.935. The van der Waals surface area contributed by atoms with Crippen LogP contribution in [0, 0.1) is 0 Å². The van der Waals surface area contributed by atoms with Crippen molar-refractivity contribution in [3.8, 4) is 0 Å². The second kappa shape index (κ2) is 6.06. The Morgan fingerprint density at radius 2 is 2.31 bits per heavy atom. The van der Waals surface area contributed by atoms with Crippen molar-refractivity contribution in [1.29, 1.82) is 0 Å². The summed E-state index contributed by atoms with van der Waals surface area (Å²) in [5, 5.41) is 2.13. The fourth-order valence-electron chi connectivity index (χ4n) is 1.07. The number of halogens is 1. The van der Waals surface area contributed by atoms with E-state index in [4.69, 9.17) is 0 Å². The first-order valence-electron chi connectivity index (χ1n) is 4.24. The predicted octanol–water partition coefficient (Wildman–Crippen LogP) is 2.91. The molecule has 1 rings (SSSR count). The maximum Gasteiger partial charge on any atom is 0.0285 e. The van der Waals surface area contributed by atoms with Crippen LogP contribution in [0.2, 0.25) is 0 Å². The summed E-state index contributed by atoms with van der Waals surface area (Å²) in [4.78, 5) is 3.75. The summed E-state index contributed by atoms with van der Waals surface area (Å²) in [7, 11) is 2.14. The summed E-state index contributed by atoms with van der Waals surface area (Å²) in [5.74, 6) is 0.935. The topological polar surface area (TPSA) is 3.24 Å². The van der Waals surface area contributed by atoms with Gasteiger partial charge in [0.15, 0.2) is 0 Å². The van der Waals surface area contributed by atoms with E-state index >= 15 is 0 Å². The van der Waals surface area contributed by atoms with E-state index in [9.17, 15) is 0 Å². The normalized spacial score (nSPS) is 11.1. The molecule has 0 radical (unpaired) electrons. The molecule has 0 amide bonds. The van der Waals surface area contributed by atoms with Crippen molar-refractivity contribution < 1.29 is 0 Å². The van der Waals surface area contributed by atoms with Crippen LogP contribution in [0.3, 0.4) is 0 Å². The smallest absolute Gasteiger partial charge is 0.0285 e. The Morgan fingerprint density at radius 1 is 1.54 bits per heavy atom. The van der Waals surface area contributed by atoms with Crippen molar-refractivity contribution in [1.82, 2.24) is 4.90 Å². The van der Waals surface area contributed by atoms with E-state index in [1.807, 2.05) is 11.3 Å². The summed E-state index contributed by atoms with van der Waals surface area (Å²) in [5.41, 5.74) is 0. The van der Waals surface area contributed by atoms with E-state index in [2.05, 4.69) is 52.0 Å². The number of thiophene rings is 1. The summed E-state index contributed by atoms with van der Waals surface area (Å²) < 4.78 is 1.20. The Hall–Kier alpha value is 0.490. The third-order valence-electron chi connectivity index (χ3n) is 1.84. The molecule has 0 saturated heterocycles. The van der Waals surface area contributed by atoms with Crippen molar-refractivity contribution >= 4 is 39.9 Å². The average molecular weight is 280 g/mol. The van der Waals surface area contributed by atoms with Gasteiger partial charge in [0.05, 0.1) is 0 Å². The van der Waals surface area contributed by atoms with Crippen LogP contribution in [0.1, 0.15) is 4.88 Å². The maximum atomic E-state index is 4.20. The van der Waals surface area contributed by atoms with Crippen LogP contribution in [0.15, 0.2) is 15.9 Å². The molecule has 1 aromatic rings. The highest BCUT2D eigenvalue weighted by Gasteiger charge is 2.00. The molecule has 1 heterocycles. The summed E-state index contributed by atoms with van der Waals surface area (Å²) in [6.07, 6.45) is 1.14. The lowest BCUT2D eigenvalue weighted by molar-refractivity contribution is 0.362. The molecule has 0 bridgehead atoms. The van der Waals surface area contributed by atoms with Gasteiger partial charge in [0.1, 0.15) is 0 Å². The zero-order valence-corrected chi connectivity index (χ0v) is 11.0. The molecule has 13 heavy (non-hydrogen) atoms. The van der Waals surface area contributed by atoms with Gasteiger partial charge in [-0.15, -0.1) is 11.3 Å². The Morgan fingerprint density at radius 3 is 2.85 bits per heavy atom. The molecule has 0 fully saturated rings. The van der Waals surface area contributed by atoms with E-state index in [1.54, 1.807) is 0 Å². The molecule has 0 aliphatic carbocycles. The van der Waals surface area contributed by atoms with Gasteiger partial charge >= 0.3 is 0 Å². The number of thiol groups is 1. The second-order valence-electron chi connectivity index (χ2n) is 3.01. The lowest BCUT2D eigenvalue weighted by Crippen LogP contribution is -2.23. The first-order chi connectivity index (χ1) is 6.22. The number of hydrogen-bond acceptors (Lipinski definition) is 3. The molecule has 0 spiro atoms. The van der Waals surface area contributed by atoms with Crippen molar-refractivity contribution in [3.63, 3.8) is 0 Å². The van der Waals surface area contributed by atoms with Crippen LogP contribution in [0.4, 0.5) is 0 Å². The molecular weight excluding hydrogens is 266 g/mol. The summed E-state index contributed by atoms with van der Waals surface area (Å²) in [6.45, 7) is 2.18. The maximum absolute atomic E-state index is 4.20. The fourth-order valence-corrected chi connectivity index (χ4v) is 2.85. The Labute approximate surface area is 97.7 Å². The predicted molar refractivity (Wildman–Crippen MR) is 67.1 cm³/mol. The molecule has 0 saturated carbocycles. The van der Waals surface area contributed by atoms with Crippen molar-refractivity contribution in [2.24, 2.45) is 0 Å². The molecule has 0 aliphatic rings. The van der Waals surface area contributed by atoms with Crippen LogP contribution in [-0.4, -0.2) is 30.8 Å². The summed E-state index contributed by atoms with van der Waals surface area (Å²) in [6, 6.07) is 2.19.